The van der Waals surface area contributed by atoms with Gasteiger partial charge in [0.2, 0.25) is 5.91 Å². The Labute approximate surface area is 426 Å². The lowest BCUT2D eigenvalue weighted by atomic mass is 9.29. The maximum atomic E-state index is 14.4. The Balaban J connectivity index is 1.18. The molecule has 14 N–H and O–H groups in total. The maximum Gasteiger partial charge on any atom is 0.310 e. The number of aliphatic carboxylic acids is 1. The number of aromatic nitrogens is 4. The minimum atomic E-state index is -1.70. The van der Waals surface area contributed by atoms with E-state index in [0.29, 0.717) is 63.5 Å². The van der Waals surface area contributed by atoms with E-state index in [1.807, 2.05) is 25.3 Å². The van der Waals surface area contributed by atoms with E-state index in [1.54, 1.807) is 18.9 Å². The zero-order valence-corrected chi connectivity index (χ0v) is 42.8. The fraction of sp³-hybridized carbons (Fsp3) is 0.778. The number of imidazole rings is 2. The molecule has 10 rings (SSSR count). The predicted octanol–water partition coefficient (Wildman–Crippen LogP) is 1.66. The molecule has 0 unspecified atom stereocenters. The predicted molar refractivity (Wildman–Crippen MR) is 262 cm³/mol. The lowest BCUT2D eigenvalue weighted by Crippen LogP contribution is -2.74. The van der Waals surface area contributed by atoms with E-state index in [4.69, 9.17) is 15.2 Å². The summed E-state index contributed by atoms with van der Waals surface area (Å²) >= 11 is 0. The number of amides is 1. The van der Waals surface area contributed by atoms with E-state index < -0.39 is 136 Å². The number of carbonyl (C=O) groups excluding carboxylic acids is 1. The van der Waals surface area contributed by atoms with Crippen molar-refractivity contribution < 1.29 is 65.0 Å². The van der Waals surface area contributed by atoms with Gasteiger partial charge < -0.3 is 76.5 Å². The number of nitrogens with zero attached hydrogens (tertiary/aromatic N) is 2. The number of hydrogen-bond acceptors (Lipinski definition) is 15. The summed E-state index contributed by atoms with van der Waals surface area (Å²) in [5, 5.41) is 106. The van der Waals surface area contributed by atoms with E-state index in [2.05, 4.69) is 59.0 Å². The van der Waals surface area contributed by atoms with Gasteiger partial charge in [0.1, 0.15) is 24.5 Å². The number of H-pyrrole nitrogens is 2. The van der Waals surface area contributed by atoms with Crippen molar-refractivity contribution in [2.24, 2.45) is 85.6 Å². The first-order valence-electron chi connectivity index (χ1n) is 26.7. The van der Waals surface area contributed by atoms with Crippen LogP contribution in [0.3, 0.4) is 0 Å². The number of ether oxygens (including phenoxy) is 2. The monoisotopic (exact) mass is 1020 g/mol. The lowest BCUT2D eigenvalue weighted by molar-refractivity contribution is -0.344. The zero-order valence-electron chi connectivity index (χ0n) is 42.8. The molecular formula is C54H80N6O13. The topological polar surface area (TPSA) is 330 Å². The van der Waals surface area contributed by atoms with Gasteiger partial charge in [-0.3, -0.25) is 9.59 Å². The summed E-state index contributed by atoms with van der Waals surface area (Å²) in [4.78, 5) is 43.8. The van der Waals surface area contributed by atoms with Crippen LogP contribution in [-0.2, 0) is 30.9 Å². The van der Waals surface area contributed by atoms with E-state index in [1.165, 1.54) is 0 Å². The van der Waals surface area contributed by atoms with Crippen molar-refractivity contribution in [1.82, 2.24) is 25.3 Å². The van der Waals surface area contributed by atoms with Crippen LogP contribution < -0.4 is 11.1 Å². The molecule has 19 nitrogen and oxygen atoms in total. The molecular weight excluding hydrogens is 941 g/mol. The quantitative estimate of drug-likeness (QED) is 0.0771. The van der Waals surface area contributed by atoms with Gasteiger partial charge in [0.25, 0.3) is 0 Å². The van der Waals surface area contributed by atoms with Gasteiger partial charge in [-0.15, -0.1) is 0 Å². The first-order chi connectivity index (χ1) is 34.5. The fourth-order valence-corrected chi connectivity index (χ4v) is 18.3. The van der Waals surface area contributed by atoms with E-state index in [0.717, 1.165) is 11.3 Å². The zero-order chi connectivity index (χ0) is 52.4. The van der Waals surface area contributed by atoms with Crippen molar-refractivity contribution in [3.63, 3.8) is 0 Å². The van der Waals surface area contributed by atoms with Crippen LogP contribution in [0.25, 0.3) is 0 Å². The average molecular weight is 1020 g/mol. The minimum absolute atomic E-state index is 0.0663. The highest BCUT2D eigenvalue weighted by Gasteiger charge is 2.76. The van der Waals surface area contributed by atoms with Crippen molar-refractivity contribution in [3.05, 3.63) is 60.2 Å². The third-order valence-corrected chi connectivity index (χ3v) is 22.2. The molecule has 0 spiro atoms. The van der Waals surface area contributed by atoms with Crippen LogP contribution in [-0.4, -0.2) is 153 Å². The molecule has 2 aliphatic heterocycles. The molecule has 8 aliphatic rings. The number of aromatic amines is 2. The van der Waals surface area contributed by atoms with Gasteiger partial charge in [0.05, 0.1) is 61.4 Å². The number of carboxylic acids is 1. The van der Waals surface area contributed by atoms with Crippen LogP contribution in [0.2, 0.25) is 0 Å². The largest absolute Gasteiger partial charge is 0.481 e. The Hall–Kier alpha value is -3.60. The lowest BCUT2D eigenvalue weighted by Gasteiger charge is -2.75. The maximum absolute atomic E-state index is 14.4. The van der Waals surface area contributed by atoms with E-state index in [-0.39, 0.29) is 43.3 Å². The number of hydrogen-bond donors (Lipinski definition) is 13. The smallest absolute Gasteiger partial charge is 0.310 e. The molecule has 73 heavy (non-hydrogen) atoms. The SMILES string of the molecule is C[C@]1(CO)CC[C@]2(C(=O)O)C[C@@H](Cc3cnc[nH]3)[C@]3(C)C(=CC[C@@H]4[C@@]5(C)[C@H]([C@@H]6C=C[C@](CC[C@@H](N)O)(c7cnc[nH]7)[C@@H]7NC(=O)[C@@H](CO)[C@H]67)[C@@H](O)[C@@H](O[C@@H]6OC[C@@H](O)[C@H](O)[C@H]6O)[C@@](C)(CO)[C@H]5CC[C@]43C)[C@@H]2C1. The van der Waals surface area contributed by atoms with Crippen LogP contribution in [0.15, 0.2) is 48.8 Å². The highest BCUT2D eigenvalue weighted by atomic mass is 16.7. The van der Waals surface area contributed by atoms with E-state index >= 15 is 0 Å². The van der Waals surface area contributed by atoms with Gasteiger partial charge in [-0.05, 0) is 121 Å². The average Bonchev–Trinajstić information content (AvgIpc) is 4.16. The molecule has 2 saturated heterocycles. The molecule has 0 radical (unpaired) electrons. The second kappa shape index (κ2) is 18.6. The molecule has 19 heteroatoms. The number of carboxylic acid groups (broad SMARTS) is 1. The normalized spacial score (nSPS) is 49.6. The van der Waals surface area contributed by atoms with Crippen molar-refractivity contribution in [2.75, 3.05) is 26.4 Å². The highest BCUT2D eigenvalue weighted by Crippen LogP contribution is 2.79. The number of nitrogens with two attached hydrogens (primary N) is 1. The summed E-state index contributed by atoms with van der Waals surface area (Å²) < 4.78 is 12.6. The molecule has 2 aromatic heterocycles. The van der Waals surface area contributed by atoms with Crippen LogP contribution in [0, 0.1) is 79.8 Å². The Morgan fingerprint density at radius 2 is 1.68 bits per heavy atom. The fourth-order valence-electron chi connectivity index (χ4n) is 18.3. The summed E-state index contributed by atoms with van der Waals surface area (Å²) in [7, 11) is 0. The number of nitrogens with one attached hydrogen (secondary N) is 3. The number of aliphatic hydroxyl groups is 8. The van der Waals surface area contributed by atoms with Gasteiger partial charge in [-0.1, -0.05) is 58.4 Å². The van der Waals surface area contributed by atoms with Crippen LogP contribution in [0.5, 0.6) is 0 Å². The number of aliphatic hydroxyl groups excluding tert-OH is 8. The summed E-state index contributed by atoms with van der Waals surface area (Å²) in [5.74, 6) is -5.46. The molecule has 2 aromatic rings. The number of fused-ring (bicyclic) bond motifs is 8. The molecule has 0 bridgehead atoms. The summed E-state index contributed by atoms with van der Waals surface area (Å²) in [6.07, 6.45) is 7.59. The van der Waals surface area contributed by atoms with Gasteiger partial charge in [0, 0.05) is 47.8 Å². The van der Waals surface area contributed by atoms with Crippen molar-refractivity contribution >= 4 is 11.9 Å². The van der Waals surface area contributed by atoms with Gasteiger partial charge in [-0.2, -0.15) is 0 Å². The third-order valence-electron chi connectivity index (χ3n) is 22.2. The number of allylic oxidation sites excluding steroid dienone is 3. The standard InChI is InChI=1S/C54H80N6O13/c1-48(23-62)14-15-54(47(70)71)17-27(16-28-19-56-25-58-28)52(5)31(32(54)18-48)6-7-35-50(52,3)11-9-34-49(2,24-63)44(73-46-42(68)40(66)33(64)22-72-46)41(67)39(51(34,35)4)29-8-12-53(13-10-37(55)65,36-20-57-26-59-36)43-38(29)30(21-61)45(69)60-43/h6,8,12,19-20,25-27,29-30,32-35,37-44,46,61-68H,7,9-11,13-18,21-24,55H2,1-5H3,(H,56,58)(H,57,59)(H,60,69)(H,70,71)/t27-,29-,30+,32+,33-,34-,35+,37+,38+,39-,40+,41-,42-,43-,44-,46+,48+,49+,50-,51+,52-,53+,54+/m1/s1. The Morgan fingerprint density at radius 1 is 0.945 bits per heavy atom. The Kier molecular flexibility index (Phi) is 13.4. The number of rotatable bonds is 13. The minimum Gasteiger partial charge on any atom is -0.481 e. The summed E-state index contributed by atoms with van der Waals surface area (Å²) in [6, 6.07) is -0.690. The first-order valence-corrected chi connectivity index (χ1v) is 26.7. The third kappa shape index (κ3) is 7.51. The molecule has 4 saturated carbocycles. The molecule has 6 fully saturated rings. The summed E-state index contributed by atoms with van der Waals surface area (Å²) in [5.41, 5.74) is 2.75. The van der Waals surface area contributed by atoms with Crippen molar-refractivity contribution in [2.45, 2.75) is 153 Å². The molecule has 404 valence electrons. The Morgan fingerprint density at radius 3 is 2.33 bits per heavy atom. The second-order valence-electron chi connectivity index (χ2n) is 25.3. The van der Waals surface area contributed by atoms with Gasteiger partial charge in [0.15, 0.2) is 6.29 Å². The number of carbonyl (C=O) groups is 2. The molecule has 4 heterocycles. The van der Waals surface area contributed by atoms with Crippen LogP contribution in [0.1, 0.15) is 104 Å². The second-order valence-corrected chi connectivity index (χ2v) is 25.3. The summed E-state index contributed by atoms with van der Waals surface area (Å²) in [6.45, 7) is 9.46. The molecule has 1 amide bonds. The van der Waals surface area contributed by atoms with Crippen LogP contribution >= 0.6 is 0 Å². The van der Waals surface area contributed by atoms with Crippen molar-refractivity contribution in [3.8, 4) is 0 Å². The van der Waals surface area contributed by atoms with E-state index in [9.17, 15) is 55.5 Å². The van der Waals surface area contributed by atoms with Gasteiger partial charge in [-0.25, -0.2) is 9.97 Å². The highest BCUT2D eigenvalue weighted by molar-refractivity contribution is 5.83. The first kappa shape index (κ1) is 52.8. The molecule has 23 atom stereocenters. The van der Waals surface area contributed by atoms with Gasteiger partial charge >= 0.3 is 5.97 Å². The molecule has 6 aliphatic carbocycles. The van der Waals surface area contributed by atoms with Crippen LogP contribution in [0.4, 0.5) is 0 Å². The molecule has 0 aromatic carbocycles. The van der Waals surface area contributed by atoms with Crippen molar-refractivity contribution in [1.29, 1.82) is 0 Å². The Bertz CT molecular complexity index is 2420.